The van der Waals surface area contributed by atoms with E-state index in [-0.39, 0.29) is 24.4 Å². The van der Waals surface area contributed by atoms with Crippen LogP contribution < -0.4 is 15.0 Å². The van der Waals surface area contributed by atoms with Gasteiger partial charge in [-0.1, -0.05) is 12.1 Å². The maximum atomic E-state index is 12.5. The first-order valence-electron chi connectivity index (χ1n) is 8.48. The third-order valence-corrected chi connectivity index (χ3v) is 4.68. The van der Waals surface area contributed by atoms with Crippen LogP contribution in [0.25, 0.3) is 0 Å². The van der Waals surface area contributed by atoms with Crippen molar-refractivity contribution in [3.8, 4) is 5.75 Å². The van der Waals surface area contributed by atoms with E-state index in [9.17, 15) is 9.59 Å². The summed E-state index contributed by atoms with van der Waals surface area (Å²) in [6, 6.07) is 7.34. The van der Waals surface area contributed by atoms with E-state index in [0.29, 0.717) is 18.0 Å². The molecular formula is C18H20N4O3. The molecule has 130 valence electrons. The number of anilines is 1. The highest BCUT2D eigenvalue weighted by molar-refractivity contribution is 6.03. The molecule has 2 amide bonds. The normalized spacial score (nSPS) is 22.0. The molecule has 2 aromatic rings. The molecule has 1 aromatic carbocycles. The monoisotopic (exact) mass is 340 g/mol. The van der Waals surface area contributed by atoms with Gasteiger partial charge >= 0.3 is 0 Å². The summed E-state index contributed by atoms with van der Waals surface area (Å²) in [6.07, 6.45) is 4.81. The van der Waals surface area contributed by atoms with Crippen LogP contribution in [0, 0.1) is 0 Å². The molecule has 2 aliphatic heterocycles. The minimum absolute atomic E-state index is 0.00314. The average molecular weight is 340 g/mol. The van der Waals surface area contributed by atoms with Crippen molar-refractivity contribution in [1.82, 2.24) is 14.9 Å². The number of nitrogens with zero attached hydrogens (tertiary/aromatic N) is 3. The van der Waals surface area contributed by atoms with Crippen LogP contribution in [0.4, 0.5) is 5.69 Å². The molecule has 0 saturated heterocycles. The number of benzene rings is 1. The van der Waals surface area contributed by atoms with Gasteiger partial charge in [0.05, 0.1) is 5.69 Å². The zero-order chi connectivity index (χ0) is 17.4. The summed E-state index contributed by atoms with van der Waals surface area (Å²) in [5.74, 6) is 1.32. The fourth-order valence-electron chi connectivity index (χ4n) is 3.42. The molecule has 25 heavy (non-hydrogen) atoms. The van der Waals surface area contributed by atoms with Gasteiger partial charge in [-0.2, -0.15) is 0 Å². The summed E-state index contributed by atoms with van der Waals surface area (Å²) in [5, 5.41) is 3.04. The molecular weight excluding hydrogens is 320 g/mol. The maximum absolute atomic E-state index is 12.5. The van der Waals surface area contributed by atoms with Gasteiger partial charge in [0.25, 0.3) is 5.91 Å². The smallest absolute Gasteiger partial charge is 0.268 e. The summed E-state index contributed by atoms with van der Waals surface area (Å²) in [4.78, 5) is 30.8. The molecule has 2 atom stereocenters. The Morgan fingerprint density at radius 2 is 2.24 bits per heavy atom. The van der Waals surface area contributed by atoms with Crippen LogP contribution in [0.15, 0.2) is 36.7 Å². The highest BCUT2D eigenvalue weighted by Crippen LogP contribution is 2.33. The Bertz CT molecular complexity index is 816. The number of rotatable bonds is 3. The summed E-state index contributed by atoms with van der Waals surface area (Å²) in [7, 11) is 0. The minimum atomic E-state index is -0.592. The number of aromatic nitrogens is 2. The van der Waals surface area contributed by atoms with Gasteiger partial charge in [0.1, 0.15) is 18.1 Å². The van der Waals surface area contributed by atoms with Crippen molar-refractivity contribution in [3.05, 3.63) is 42.5 Å². The number of carbonyl (C=O) groups excluding carboxylic acids is 2. The first kappa shape index (κ1) is 15.7. The fourth-order valence-corrected chi connectivity index (χ4v) is 3.42. The number of aryl methyl sites for hydroxylation is 1. The Hall–Kier alpha value is -2.83. The fraction of sp³-hybridized carbons (Fsp3) is 0.389. The molecule has 0 unspecified atom stereocenters. The van der Waals surface area contributed by atoms with Gasteiger partial charge in [0.2, 0.25) is 5.91 Å². The highest BCUT2D eigenvalue weighted by Gasteiger charge is 2.33. The summed E-state index contributed by atoms with van der Waals surface area (Å²) in [5.41, 5.74) is 0.640. The maximum Gasteiger partial charge on any atom is 0.268 e. The Kier molecular flexibility index (Phi) is 3.91. The van der Waals surface area contributed by atoms with Crippen molar-refractivity contribution in [2.45, 2.75) is 38.5 Å². The number of hydrogen-bond acceptors (Lipinski definition) is 4. The Morgan fingerprint density at radius 3 is 3.12 bits per heavy atom. The van der Waals surface area contributed by atoms with Crippen LogP contribution in [-0.4, -0.2) is 40.1 Å². The zero-order valence-electron chi connectivity index (χ0n) is 14.0. The van der Waals surface area contributed by atoms with Crippen LogP contribution in [0.2, 0.25) is 0 Å². The van der Waals surface area contributed by atoms with Gasteiger partial charge in [0.15, 0.2) is 6.10 Å². The molecule has 3 heterocycles. The molecule has 0 saturated carbocycles. The van der Waals surface area contributed by atoms with E-state index in [0.717, 1.165) is 18.7 Å². The lowest BCUT2D eigenvalue weighted by Crippen LogP contribution is -2.51. The second-order valence-corrected chi connectivity index (χ2v) is 6.45. The van der Waals surface area contributed by atoms with Gasteiger partial charge in [-0.05, 0) is 25.5 Å². The number of fused-ring (bicyclic) bond motifs is 2. The molecule has 0 aliphatic carbocycles. The van der Waals surface area contributed by atoms with Crippen molar-refractivity contribution >= 4 is 17.5 Å². The predicted octanol–water partition coefficient (Wildman–Crippen LogP) is 1.13. The molecule has 2 aliphatic rings. The Morgan fingerprint density at radius 1 is 1.40 bits per heavy atom. The van der Waals surface area contributed by atoms with E-state index in [1.165, 1.54) is 4.90 Å². The molecule has 0 bridgehead atoms. The lowest BCUT2D eigenvalue weighted by Gasteiger charge is -2.33. The minimum Gasteiger partial charge on any atom is -0.479 e. The van der Waals surface area contributed by atoms with E-state index >= 15 is 0 Å². The average Bonchev–Trinajstić information content (AvgIpc) is 3.06. The lowest BCUT2D eigenvalue weighted by atomic mass is 10.1. The van der Waals surface area contributed by atoms with Gasteiger partial charge in [-0.15, -0.1) is 0 Å². The molecule has 1 aromatic heterocycles. The first-order valence-corrected chi connectivity index (χ1v) is 8.48. The summed E-state index contributed by atoms with van der Waals surface area (Å²) < 4.78 is 7.66. The standard InChI is InChI=1S/C18H20N4O3/c1-12-18(24)22(14-4-2-3-5-15(14)25-12)11-17(23)20-13-6-7-16-19-8-9-21(16)10-13/h2-5,8-9,12-13H,6-7,10-11H2,1H3,(H,20,23)/t12-,13+/m0/s1. The lowest BCUT2D eigenvalue weighted by molar-refractivity contribution is -0.128. The van der Waals surface area contributed by atoms with Crippen LogP contribution in [0.1, 0.15) is 19.2 Å². The second-order valence-electron chi connectivity index (χ2n) is 6.45. The van der Waals surface area contributed by atoms with E-state index < -0.39 is 6.10 Å². The van der Waals surface area contributed by atoms with Crippen LogP contribution in [0.3, 0.4) is 0 Å². The third-order valence-electron chi connectivity index (χ3n) is 4.68. The number of hydrogen-bond donors (Lipinski definition) is 1. The number of amides is 2. The molecule has 1 N–H and O–H groups in total. The first-order chi connectivity index (χ1) is 12.1. The van der Waals surface area contributed by atoms with Crippen LogP contribution in [-0.2, 0) is 22.6 Å². The van der Waals surface area contributed by atoms with E-state index in [1.54, 1.807) is 19.2 Å². The zero-order valence-corrected chi connectivity index (χ0v) is 14.0. The number of nitrogens with one attached hydrogen (secondary N) is 1. The molecule has 0 spiro atoms. The number of imidazole rings is 1. The van der Waals surface area contributed by atoms with Gasteiger partial charge < -0.3 is 14.6 Å². The predicted molar refractivity (Wildman–Crippen MR) is 91.4 cm³/mol. The quantitative estimate of drug-likeness (QED) is 0.909. The number of carbonyl (C=O) groups is 2. The van der Waals surface area contributed by atoms with Gasteiger partial charge in [-0.3, -0.25) is 14.5 Å². The molecule has 7 nitrogen and oxygen atoms in total. The van der Waals surface area contributed by atoms with E-state index in [2.05, 4.69) is 14.9 Å². The van der Waals surface area contributed by atoms with Crippen molar-refractivity contribution in [2.75, 3.05) is 11.4 Å². The molecule has 0 fully saturated rings. The van der Waals surface area contributed by atoms with Crippen LogP contribution in [0.5, 0.6) is 5.75 Å². The third kappa shape index (κ3) is 2.97. The number of ether oxygens (including phenoxy) is 1. The Balaban J connectivity index is 1.45. The topological polar surface area (TPSA) is 76.5 Å². The van der Waals surface area contributed by atoms with Crippen molar-refractivity contribution in [3.63, 3.8) is 0 Å². The van der Waals surface area contributed by atoms with Crippen molar-refractivity contribution in [2.24, 2.45) is 0 Å². The number of para-hydroxylation sites is 2. The van der Waals surface area contributed by atoms with Crippen LogP contribution >= 0.6 is 0 Å². The SMILES string of the molecule is C[C@@H]1Oc2ccccc2N(CC(=O)N[C@@H]2CCc3nccn3C2)C1=O. The second kappa shape index (κ2) is 6.23. The Labute approximate surface area is 145 Å². The molecule has 7 heteroatoms. The molecule has 4 rings (SSSR count). The largest absolute Gasteiger partial charge is 0.479 e. The highest BCUT2D eigenvalue weighted by atomic mass is 16.5. The van der Waals surface area contributed by atoms with Crippen molar-refractivity contribution < 1.29 is 14.3 Å². The van der Waals surface area contributed by atoms with E-state index in [1.807, 2.05) is 24.4 Å². The van der Waals surface area contributed by atoms with E-state index in [4.69, 9.17) is 4.74 Å². The molecule has 0 radical (unpaired) electrons. The summed E-state index contributed by atoms with van der Waals surface area (Å²) >= 11 is 0. The van der Waals surface area contributed by atoms with Gasteiger partial charge in [0, 0.05) is 31.4 Å². The summed E-state index contributed by atoms with van der Waals surface area (Å²) in [6.45, 7) is 2.41. The van der Waals surface area contributed by atoms with Crippen molar-refractivity contribution in [1.29, 1.82) is 0 Å². The van der Waals surface area contributed by atoms with Gasteiger partial charge in [-0.25, -0.2) is 4.98 Å².